The number of carbonyl (C=O) groups excluding carboxylic acids is 2. The van der Waals surface area contributed by atoms with Gasteiger partial charge in [-0.25, -0.2) is 8.42 Å². The van der Waals surface area contributed by atoms with Gasteiger partial charge in [-0.15, -0.1) is 0 Å². The Morgan fingerprint density at radius 1 is 1.05 bits per heavy atom. The van der Waals surface area contributed by atoms with Crippen LogP contribution in [-0.4, -0.2) is 49.5 Å². The first-order valence-corrected chi connectivity index (χ1v) is 14.5. The fourth-order valence-electron chi connectivity index (χ4n) is 3.73. The molecule has 0 aliphatic heterocycles. The number of sulfonamides is 1. The minimum Gasteiger partial charge on any atom is -0.350 e. The third kappa shape index (κ3) is 9.61. The summed E-state index contributed by atoms with van der Waals surface area (Å²) >= 11 is 3.40. The number of carbonyl (C=O) groups is 2. The first kappa shape index (κ1) is 31.6. The van der Waals surface area contributed by atoms with Crippen molar-refractivity contribution in [3.05, 3.63) is 64.1 Å². The molecule has 0 bridgehead atoms. The molecule has 1 N–H and O–H groups in total. The van der Waals surface area contributed by atoms with E-state index in [4.69, 9.17) is 0 Å². The lowest BCUT2D eigenvalue weighted by Crippen LogP contribution is -2.52. The number of amides is 2. The normalized spacial score (nSPS) is 13.1. The van der Waals surface area contributed by atoms with Crippen LogP contribution in [0.1, 0.15) is 51.7 Å². The maximum absolute atomic E-state index is 13.3. The third-order valence-electron chi connectivity index (χ3n) is 5.52. The molecular weight excluding hydrogens is 587 g/mol. The number of alkyl halides is 3. The Balaban J connectivity index is 2.24. The minimum atomic E-state index is -4.63. The summed E-state index contributed by atoms with van der Waals surface area (Å²) < 4.78 is 66.0. The van der Waals surface area contributed by atoms with Gasteiger partial charge < -0.3 is 10.2 Å². The summed E-state index contributed by atoms with van der Waals surface area (Å²) in [5.74, 6) is -0.735. The molecular formula is C26H33BrF3N3O4S. The number of hydrogen-bond donors (Lipinski definition) is 1. The second-order valence-corrected chi connectivity index (χ2v) is 12.9. The van der Waals surface area contributed by atoms with Crippen LogP contribution in [0.25, 0.3) is 0 Å². The molecule has 0 aliphatic rings. The van der Waals surface area contributed by atoms with Gasteiger partial charge in [0.1, 0.15) is 6.04 Å². The summed E-state index contributed by atoms with van der Waals surface area (Å²) in [4.78, 5) is 27.6. The Labute approximate surface area is 230 Å². The molecule has 7 nitrogen and oxygen atoms in total. The maximum Gasteiger partial charge on any atom is 0.416 e. The molecule has 210 valence electrons. The van der Waals surface area contributed by atoms with Crippen LogP contribution < -0.4 is 9.62 Å². The molecule has 0 spiro atoms. The van der Waals surface area contributed by atoms with Crippen molar-refractivity contribution in [3.63, 3.8) is 0 Å². The van der Waals surface area contributed by atoms with E-state index >= 15 is 0 Å². The van der Waals surface area contributed by atoms with E-state index in [9.17, 15) is 31.2 Å². The molecule has 12 heteroatoms. The highest BCUT2D eigenvalue weighted by Gasteiger charge is 2.32. The van der Waals surface area contributed by atoms with Gasteiger partial charge in [0.15, 0.2) is 0 Å². The van der Waals surface area contributed by atoms with E-state index in [1.165, 1.54) is 11.0 Å². The van der Waals surface area contributed by atoms with E-state index in [1.807, 2.05) is 39.0 Å². The SMILES string of the molecule is C[C@H](C(=O)NC(C)(C)C)N(Cc1cccc(Br)c1)C(=O)CCCN(c1cccc(C(F)(F)F)c1)S(C)(=O)=O. The lowest BCUT2D eigenvalue weighted by atomic mass is 10.1. The smallest absolute Gasteiger partial charge is 0.350 e. The van der Waals surface area contributed by atoms with Crippen LogP contribution in [0.15, 0.2) is 53.0 Å². The average Bonchev–Trinajstić information content (AvgIpc) is 2.77. The molecule has 0 radical (unpaired) electrons. The molecule has 38 heavy (non-hydrogen) atoms. The lowest BCUT2D eigenvalue weighted by Gasteiger charge is -2.32. The van der Waals surface area contributed by atoms with Crippen molar-refractivity contribution in [2.75, 3.05) is 17.1 Å². The Bertz CT molecular complexity index is 1250. The van der Waals surface area contributed by atoms with E-state index in [-0.39, 0.29) is 43.4 Å². The first-order valence-electron chi connectivity index (χ1n) is 11.9. The number of hydrogen-bond acceptors (Lipinski definition) is 4. The highest BCUT2D eigenvalue weighted by atomic mass is 79.9. The molecule has 0 aromatic heterocycles. The minimum absolute atomic E-state index is 0.0325. The van der Waals surface area contributed by atoms with Gasteiger partial charge in [0.25, 0.3) is 0 Å². The second-order valence-electron chi connectivity index (χ2n) is 10.1. The number of benzene rings is 2. The van der Waals surface area contributed by atoms with Crippen LogP contribution in [0, 0.1) is 0 Å². The molecule has 2 aromatic carbocycles. The van der Waals surface area contributed by atoms with Crippen molar-refractivity contribution in [3.8, 4) is 0 Å². The zero-order chi connectivity index (χ0) is 28.9. The number of halogens is 4. The molecule has 2 amide bonds. The molecule has 0 unspecified atom stereocenters. The Hall–Kier alpha value is -2.60. The van der Waals surface area contributed by atoms with Gasteiger partial charge >= 0.3 is 6.18 Å². The summed E-state index contributed by atoms with van der Waals surface area (Å²) in [5.41, 5.74) is -0.848. The zero-order valence-electron chi connectivity index (χ0n) is 22.0. The summed E-state index contributed by atoms with van der Waals surface area (Å²) in [6.45, 7) is 7.02. The maximum atomic E-state index is 13.3. The van der Waals surface area contributed by atoms with E-state index in [0.717, 1.165) is 38.8 Å². The Morgan fingerprint density at radius 3 is 2.24 bits per heavy atom. The second kappa shape index (κ2) is 12.5. The average molecular weight is 621 g/mol. The highest BCUT2D eigenvalue weighted by molar-refractivity contribution is 9.10. The van der Waals surface area contributed by atoms with Gasteiger partial charge in [0.2, 0.25) is 21.8 Å². The third-order valence-corrected chi connectivity index (χ3v) is 7.21. The summed E-state index contributed by atoms with van der Waals surface area (Å²) in [5, 5.41) is 2.86. The number of nitrogens with one attached hydrogen (secondary N) is 1. The Kier molecular flexibility index (Phi) is 10.4. The van der Waals surface area contributed by atoms with E-state index in [0.29, 0.717) is 0 Å². The van der Waals surface area contributed by atoms with Crippen LogP contribution in [0.3, 0.4) is 0 Å². The predicted molar refractivity (Wildman–Crippen MR) is 145 cm³/mol. The van der Waals surface area contributed by atoms with E-state index in [1.54, 1.807) is 13.0 Å². The standard InChI is InChI=1S/C26H33BrF3N3O4S/c1-18(24(35)31-25(2,3)4)32(17-19-9-6-11-21(27)15-19)23(34)13-8-14-33(38(5,36)37)22-12-7-10-20(16-22)26(28,29)30/h6-7,9-12,15-16,18H,8,13-14,17H2,1-5H3,(H,31,35)/t18-/m1/s1. The van der Waals surface area contributed by atoms with Crippen LogP contribution >= 0.6 is 15.9 Å². The number of nitrogens with zero attached hydrogens (tertiary/aromatic N) is 2. The van der Waals surface area contributed by atoms with Crippen LogP contribution in [0.4, 0.5) is 18.9 Å². The molecule has 2 rings (SSSR count). The van der Waals surface area contributed by atoms with E-state index in [2.05, 4.69) is 21.2 Å². The highest BCUT2D eigenvalue weighted by Crippen LogP contribution is 2.32. The molecule has 0 aliphatic carbocycles. The summed E-state index contributed by atoms with van der Waals surface area (Å²) in [6, 6.07) is 10.5. The lowest BCUT2D eigenvalue weighted by molar-refractivity contribution is -0.141. The summed E-state index contributed by atoms with van der Waals surface area (Å²) in [6.07, 6.45) is -3.82. The van der Waals surface area contributed by atoms with Gasteiger partial charge in [-0.1, -0.05) is 34.1 Å². The van der Waals surface area contributed by atoms with E-state index < -0.39 is 33.3 Å². The molecule has 2 aromatic rings. The van der Waals surface area contributed by atoms with Gasteiger partial charge in [0.05, 0.1) is 17.5 Å². The topological polar surface area (TPSA) is 86.8 Å². The van der Waals surface area contributed by atoms with Crippen LogP contribution in [-0.2, 0) is 32.3 Å². The predicted octanol–water partition coefficient (Wildman–Crippen LogP) is 5.35. The molecule has 0 saturated carbocycles. The van der Waals surface area contributed by atoms with Gasteiger partial charge in [0, 0.05) is 29.5 Å². The van der Waals surface area contributed by atoms with Crippen molar-refractivity contribution >= 4 is 43.5 Å². The van der Waals surface area contributed by atoms with Crippen LogP contribution in [0.5, 0.6) is 0 Å². The van der Waals surface area contributed by atoms with Gasteiger partial charge in [-0.05, 0) is 70.0 Å². The van der Waals surface area contributed by atoms with Crippen molar-refractivity contribution in [2.45, 2.75) is 64.8 Å². The quantitative estimate of drug-likeness (QED) is 0.389. The molecule has 0 fully saturated rings. The van der Waals surface area contributed by atoms with Crippen molar-refractivity contribution in [1.82, 2.24) is 10.2 Å². The van der Waals surface area contributed by atoms with Crippen LogP contribution in [0.2, 0.25) is 0 Å². The first-order chi connectivity index (χ1) is 17.4. The zero-order valence-corrected chi connectivity index (χ0v) is 24.4. The fourth-order valence-corrected chi connectivity index (χ4v) is 5.13. The Morgan fingerprint density at radius 2 is 1.68 bits per heavy atom. The monoisotopic (exact) mass is 619 g/mol. The largest absolute Gasteiger partial charge is 0.416 e. The molecule has 0 heterocycles. The fraction of sp³-hybridized carbons (Fsp3) is 0.462. The van der Waals surface area contributed by atoms with Crippen molar-refractivity contribution in [1.29, 1.82) is 0 Å². The summed E-state index contributed by atoms with van der Waals surface area (Å²) in [7, 11) is -3.93. The van der Waals surface area contributed by atoms with Gasteiger partial charge in [-0.2, -0.15) is 13.2 Å². The number of rotatable bonds is 10. The van der Waals surface area contributed by atoms with Gasteiger partial charge in [-0.3, -0.25) is 13.9 Å². The molecule has 0 saturated heterocycles. The van der Waals surface area contributed by atoms with Crippen molar-refractivity contribution < 1.29 is 31.2 Å². The number of anilines is 1. The van der Waals surface area contributed by atoms with Crippen molar-refractivity contribution in [2.24, 2.45) is 0 Å². The molecule has 1 atom stereocenters.